The zero-order valence-corrected chi connectivity index (χ0v) is 17.6. The molecule has 1 saturated heterocycles. The van der Waals surface area contributed by atoms with Crippen LogP contribution in [0.5, 0.6) is 5.88 Å². The minimum Gasteiger partial charge on any atom is -0.470 e. The maximum absolute atomic E-state index is 13.6. The van der Waals surface area contributed by atoms with Crippen molar-refractivity contribution in [2.45, 2.75) is 23.6 Å². The van der Waals surface area contributed by atoms with Crippen molar-refractivity contribution in [3.05, 3.63) is 72.2 Å². The van der Waals surface area contributed by atoms with Gasteiger partial charge in [-0.1, -0.05) is 30.3 Å². The number of aromatic nitrogens is 3. The van der Waals surface area contributed by atoms with Crippen LogP contribution < -0.4 is 4.74 Å². The molecule has 160 valence electrons. The lowest BCUT2D eigenvalue weighted by molar-refractivity contribution is 0.0763. The standard InChI is InChI=1S/C21H21N5O4S/c1-24-11-9-16(23-24)21(27)25-13-17-18(14-25)30-20-19(8-5-10-22-20)31(28,29)26(17)12-15-6-3-2-4-7-15/h2-11,17-18H,12-14H2,1H3/t17-,18+/m0/s1. The number of sulfonamides is 1. The Kier molecular flexibility index (Phi) is 4.75. The predicted octanol–water partition coefficient (Wildman–Crippen LogP) is 1.29. The van der Waals surface area contributed by atoms with E-state index in [2.05, 4.69) is 10.1 Å². The highest BCUT2D eigenvalue weighted by molar-refractivity contribution is 7.89. The van der Waals surface area contributed by atoms with Crippen LogP contribution in [-0.2, 0) is 23.6 Å². The number of aryl methyl sites for hydroxylation is 1. The summed E-state index contributed by atoms with van der Waals surface area (Å²) in [7, 11) is -2.15. The van der Waals surface area contributed by atoms with Crippen molar-refractivity contribution in [2.75, 3.05) is 13.1 Å². The van der Waals surface area contributed by atoms with Crippen molar-refractivity contribution in [3.63, 3.8) is 0 Å². The van der Waals surface area contributed by atoms with E-state index in [0.717, 1.165) is 5.56 Å². The Balaban J connectivity index is 1.53. The molecule has 4 heterocycles. The molecule has 9 nitrogen and oxygen atoms in total. The summed E-state index contributed by atoms with van der Waals surface area (Å²) in [5, 5.41) is 4.18. The van der Waals surface area contributed by atoms with E-state index in [4.69, 9.17) is 4.74 Å². The first-order valence-corrected chi connectivity index (χ1v) is 11.3. The summed E-state index contributed by atoms with van der Waals surface area (Å²) in [4.78, 5) is 18.8. The van der Waals surface area contributed by atoms with E-state index in [1.807, 2.05) is 30.3 Å². The number of nitrogens with zero attached hydrogens (tertiary/aromatic N) is 5. The summed E-state index contributed by atoms with van der Waals surface area (Å²) in [6.45, 7) is 0.630. The van der Waals surface area contributed by atoms with Gasteiger partial charge in [0.05, 0.1) is 12.6 Å². The molecule has 1 aromatic carbocycles. The average Bonchev–Trinajstić information content (AvgIpc) is 3.37. The molecule has 0 unspecified atom stereocenters. The van der Waals surface area contributed by atoms with Gasteiger partial charge in [0.1, 0.15) is 16.7 Å². The molecule has 3 aromatic rings. The van der Waals surface area contributed by atoms with Crippen molar-refractivity contribution in [3.8, 4) is 5.88 Å². The molecule has 0 bridgehead atoms. The number of likely N-dealkylation sites (tertiary alicyclic amines) is 1. The van der Waals surface area contributed by atoms with E-state index < -0.39 is 22.2 Å². The van der Waals surface area contributed by atoms with Gasteiger partial charge in [-0.15, -0.1) is 0 Å². The fraction of sp³-hybridized carbons (Fsp3) is 0.286. The van der Waals surface area contributed by atoms with Gasteiger partial charge in [0, 0.05) is 32.5 Å². The van der Waals surface area contributed by atoms with Crippen LogP contribution >= 0.6 is 0 Å². The van der Waals surface area contributed by atoms with Crippen molar-refractivity contribution < 1.29 is 17.9 Å². The number of pyridine rings is 1. The van der Waals surface area contributed by atoms with E-state index in [1.165, 1.54) is 16.6 Å². The summed E-state index contributed by atoms with van der Waals surface area (Å²) in [5.74, 6) is -0.184. The summed E-state index contributed by atoms with van der Waals surface area (Å²) in [6.07, 6.45) is 2.66. The number of amides is 1. The van der Waals surface area contributed by atoms with Crippen LogP contribution in [0.2, 0.25) is 0 Å². The molecule has 1 amide bonds. The van der Waals surface area contributed by atoms with Crippen molar-refractivity contribution in [2.24, 2.45) is 7.05 Å². The monoisotopic (exact) mass is 439 g/mol. The SMILES string of the molecule is Cn1ccc(C(=O)N2C[C@H]3Oc4ncccc4S(=O)(=O)N(Cc4ccccc4)[C@H]3C2)n1. The van der Waals surface area contributed by atoms with Gasteiger partial charge in [0.25, 0.3) is 5.91 Å². The number of carbonyl (C=O) groups excluding carboxylic acids is 1. The lowest BCUT2D eigenvalue weighted by atomic mass is 10.1. The molecule has 0 spiro atoms. The normalized spacial score (nSPS) is 22.3. The Hall–Kier alpha value is -3.24. The number of rotatable bonds is 3. The van der Waals surface area contributed by atoms with Crippen LogP contribution in [-0.4, -0.2) is 63.5 Å². The zero-order valence-electron chi connectivity index (χ0n) is 16.8. The van der Waals surface area contributed by atoms with Gasteiger partial charge >= 0.3 is 0 Å². The Bertz CT molecular complexity index is 1230. The molecular weight excluding hydrogens is 418 g/mol. The van der Waals surface area contributed by atoms with E-state index in [9.17, 15) is 13.2 Å². The molecule has 0 saturated carbocycles. The van der Waals surface area contributed by atoms with Crippen LogP contribution in [0, 0.1) is 0 Å². The number of carbonyl (C=O) groups is 1. The van der Waals surface area contributed by atoms with E-state index in [0.29, 0.717) is 5.69 Å². The maximum Gasteiger partial charge on any atom is 0.274 e. The van der Waals surface area contributed by atoms with Gasteiger partial charge in [-0.25, -0.2) is 13.4 Å². The van der Waals surface area contributed by atoms with Crippen LogP contribution in [0.3, 0.4) is 0 Å². The summed E-state index contributed by atoms with van der Waals surface area (Å²) < 4.78 is 36.3. The number of benzene rings is 1. The Morgan fingerprint density at radius 3 is 2.68 bits per heavy atom. The van der Waals surface area contributed by atoms with Gasteiger partial charge in [0.15, 0.2) is 0 Å². The smallest absolute Gasteiger partial charge is 0.274 e. The quantitative estimate of drug-likeness (QED) is 0.610. The van der Waals surface area contributed by atoms with E-state index >= 15 is 0 Å². The first-order chi connectivity index (χ1) is 14.9. The first-order valence-electron chi connectivity index (χ1n) is 9.90. The summed E-state index contributed by atoms with van der Waals surface area (Å²) in [5.41, 5.74) is 1.17. The number of fused-ring (bicyclic) bond motifs is 2. The largest absolute Gasteiger partial charge is 0.470 e. The minimum atomic E-state index is -3.89. The number of ether oxygens (including phenoxy) is 1. The molecular formula is C21H21N5O4S. The van der Waals surface area contributed by atoms with Crippen LogP contribution in [0.4, 0.5) is 0 Å². The third-order valence-electron chi connectivity index (χ3n) is 5.59. The molecule has 0 aliphatic carbocycles. The maximum atomic E-state index is 13.6. The molecule has 2 atom stereocenters. The van der Waals surface area contributed by atoms with E-state index in [1.54, 1.807) is 35.0 Å². The third-order valence-corrected chi connectivity index (χ3v) is 7.48. The lowest BCUT2D eigenvalue weighted by Gasteiger charge is -2.28. The molecule has 2 aliphatic rings. The number of hydrogen-bond donors (Lipinski definition) is 0. The van der Waals surface area contributed by atoms with Gasteiger partial charge in [-0.05, 0) is 23.8 Å². The van der Waals surface area contributed by atoms with Gasteiger partial charge in [0.2, 0.25) is 15.9 Å². The molecule has 10 heteroatoms. The molecule has 2 aliphatic heterocycles. The Morgan fingerprint density at radius 2 is 1.94 bits per heavy atom. The van der Waals surface area contributed by atoms with Gasteiger partial charge in [-0.2, -0.15) is 9.40 Å². The highest BCUT2D eigenvalue weighted by Gasteiger charge is 2.48. The molecule has 31 heavy (non-hydrogen) atoms. The van der Waals surface area contributed by atoms with Crippen LogP contribution in [0.25, 0.3) is 0 Å². The zero-order chi connectivity index (χ0) is 21.6. The van der Waals surface area contributed by atoms with Crippen molar-refractivity contribution >= 4 is 15.9 Å². The molecule has 1 fully saturated rings. The molecule has 2 aromatic heterocycles. The molecule has 0 radical (unpaired) electrons. The summed E-state index contributed by atoms with van der Waals surface area (Å²) in [6, 6.07) is 13.6. The van der Waals surface area contributed by atoms with Crippen molar-refractivity contribution in [1.82, 2.24) is 24.0 Å². The second-order valence-corrected chi connectivity index (χ2v) is 9.51. The second-order valence-electron chi connectivity index (χ2n) is 7.65. The topological polar surface area (TPSA) is 97.6 Å². The van der Waals surface area contributed by atoms with Crippen LogP contribution in [0.1, 0.15) is 16.1 Å². The number of hydrogen-bond acceptors (Lipinski definition) is 6. The molecule has 0 N–H and O–H groups in total. The highest BCUT2D eigenvalue weighted by Crippen LogP contribution is 2.36. The van der Waals surface area contributed by atoms with Crippen LogP contribution in [0.15, 0.2) is 65.8 Å². The molecule has 5 rings (SSSR count). The Morgan fingerprint density at radius 1 is 1.13 bits per heavy atom. The predicted molar refractivity (Wildman–Crippen MR) is 111 cm³/mol. The minimum absolute atomic E-state index is 0.0444. The Labute approximate surface area is 179 Å². The second kappa shape index (κ2) is 7.47. The van der Waals surface area contributed by atoms with Gasteiger partial charge in [-0.3, -0.25) is 9.48 Å². The van der Waals surface area contributed by atoms with Gasteiger partial charge < -0.3 is 9.64 Å². The first kappa shape index (κ1) is 19.7. The third kappa shape index (κ3) is 3.47. The average molecular weight is 439 g/mol. The lowest BCUT2D eigenvalue weighted by Crippen LogP contribution is -2.46. The fourth-order valence-electron chi connectivity index (χ4n) is 4.08. The highest BCUT2D eigenvalue weighted by atomic mass is 32.2. The fourth-order valence-corrected chi connectivity index (χ4v) is 5.78. The summed E-state index contributed by atoms with van der Waals surface area (Å²) >= 11 is 0. The van der Waals surface area contributed by atoms with E-state index in [-0.39, 0.29) is 36.3 Å². The van der Waals surface area contributed by atoms with Crippen molar-refractivity contribution in [1.29, 1.82) is 0 Å².